The van der Waals surface area contributed by atoms with Crippen LogP contribution in [0.1, 0.15) is 264 Å². The van der Waals surface area contributed by atoms with Gasteiger partial charge in [0.2, 0.25) is 0 Å². The van der Waals surface area contributed by atoms with E-state index in [2.05, 4.69) is 38.2 Å². The van der Waals surface area contributed by atoms with Crippen LogP contribution in [0.5, 0.6) is 0 Å². The lowest BCUT2D eigenvalue weighted by molar-refractivity contribution is -0.154. The summed E-state index contributed by atoms with van der Waals surface area (Å²) >= 11 is 0. The van der Waals surface area contributed by atoms with E-state index in [1.54, 1.807) is 0 Å². The number of rotatable bonds is 46. The number of hydrogen-bond donors (Lipinski definition) is 1. The molecule has 0 radical (unpaired) electrons. The monoisotopic (exact) mass is 761 g/mol. The second-order valence-corrected chi connectivity index (χ2v) is 16.5. The van der Waals surface area contributed by atoms with Gasteiger partial charge in [-0.15, -0.1) is 0 Å². The molecule has 320 valence electrons. The van der Waals surface area contributed by atoms with Crippen molar-refractivity contribution < 1.29 is 19.4 Å². The summed E-state index contributed by atoms with van der Waals surface area (Å²) in [6.07, 6.45) is 59.8. The average Bonchev–Trinajstić information content (AvgIpc) is 3.18. The predicted octanol–water partition coefficient (Wildman–Crippen LogP) is 16.3. The molecule has 0 aliphatic rings. The van der Waals surface area contributed by atoms with Gasteiger partial charge < -0.3 is 14.6 Å². The third-order valence-electron chi connectivity index (χ3n) is 11.0. The molecule has 0 aromatic carbocycles. The number of allylic oxidation sites excluding steroid dienone is 4. The van der Waals surface area contributed by atoms with Crippen LogP contribution < -0.4 is 0 Å². The van der Waals surface area contributed by atoms with Gasteiger partial charge in [-0.3, -0.25) is 4.79 Å². The molecule has 0 amide bonds. The number of ether oxygens (including phenoxy) is 2. The number of hydrogen-bond acceptors (Lipinski definition) is 4. The molecule has 4 nitrogen and oxygen atoms in total. The van der Waals surface area contributed by atoms with Crippen molar-refractivity contribution in [3.05, 3.63) is 24.3 Å². The van der Waals surface area contributed by atoms with E-state index < -0.39 is 6.10 Å². The first-order valence-corrected chi connectivity index (χ1v) is 24.4. The normalized spacial score (nSPS) is 12.4. The first kappa shape index (κ1) is 52.9. The van der Waals surface area contributed by atoms with Gasteiger partial charge in [-0.2, -0.15) is 0 Å². The van der Waals surface area contributed by atoms with Crippen LogP contribution in [0.2, 0.25) is 0 Å². The van der Waals surface area contributed by atoms with E-state index in [9.17, 15) is 9.90 Å². The highest BCUT2D eigenvalue weighted by Crippen LogP contribution is 2.15. The summed E-state index contributed by atoms with van der Waals surface area (Å²) in [4.78, 5) is 12.2. The standard InChI is InChI=1S/C50H96O4/c1-3-5-7-9-11-13-15-17-19-21-23-24-25-26-27-28-30-32-34-36-38-40-42-44-46-53-48-49(47-51)54-50(52)45-43-41-39-37-35-33-31-29-22-20-18-16-14-12-10-8-6-4-2/h20-23,49,51H,3-19,24-48H2,1-2H3/b22-20-,23-21-. The molecule has 0 aliphatic heterocycles. The van der Waals surface area contributed by atoms with Crippen LogP contribution in [-0.4, -0.2) is 37.0 Å². The van der Waals surface area contributed by atoms with Gasteiger partial charge in [0.05, 0.1) is 13.2 Å². The van der Waals surface area contributed by atoms with Crippen LogP contribution in [0.4, 0.5) is 0 Å². The number of aliphatic hydroxyl groups is 1. The van der Waals surface area contributed by atoms with Crippen LogP contribution in [0.25, 0.3) is 0 Å². The fourth-order valence-electron chi connectivity index (χ4n) is 7.32. The fraction of sp³-hybridized carbons (Fsp3) is 0.900. The smallest absolute Gasteiger partial charge is 0.306 e. The van der Waals surface area contributed by atoms with Crippen LogP contribution in [0.3, 0.4) is 0 Å². The second kappa shape index (κ2) is 48.0. The lowest BCUT2D eigenvalue weighted by Gasteiger charge is -2.16. The summed E-state index contributed by atoms with van der Waals surface area (Å²) in [7, 11) is 0. The molecule has 0 aliphatic carbocycles. The van der Waals surface area contributed by atoms with Crippen LogP contribution in [0.15, 0.2) is 24.3 Å². The molecule has 0 bridgehead atoms. The summed E-state index contributed by atoms with van der Waals surface area (Å²) in [6.45, 7) is 5.38. The van der Waals surface area contributed by atoms with Gasteiger partial charge in [-0.05, 0) is 64.2 Å². The maximum Gasteiger partial charge on any atom is 0.306 e. The minimum absolute atomic E-state index is 0.170. The van der Waals surface area contributed by atoms with E-state index >= 15 is 0 Å². The van der Waals surface area contributed by atoms with E-state index in [1.165, 1.54) is 225 Å². The highest BCUT2D eigenvalue weighted by Gasteiger charge is 2.13. The van der Waals surface area contributed by atoms with Crippen molar-refractivity contribution >= 4 is 5.97 Å². The first-order valence-electron chi connectivity index (χ1n) is 24.4. The van der Waals surface area contributed by atoms with Crippen LogP contribution in [0, 0.1) is 0 Å². The van der Waals surface area contributed by atoms with Crippen molar-refractivity contribution in [3.8, 4) is 0 Å². The summed E-state index contributed by atoms with van der Waals surface area (Å²) in [6, 6.07) is 0. The molecule has 0 spiro atoms. The zero-order valence-corrected chi connectivity index (χ0v) is 36.8. The van der Waals surface area contributed by atoms with E-state index in [1.807, 2.05) is 0 Å². The fourth-order valence-corrected chi connectivity index (χ4v) is 7.32. The molecule has 0 fully saturated rings. The van der Waals surface area contributed by atoms with Gasteiger partial charge in [0.25, 0.3) is 0 Å². The maximum atomic E-state index is 12.2. The van der Waals surface area contributed by atoms with Crippen molar-refractivity contribution in [2.75, 3.05) is 19.8 Å². The van der Waals surface area contributed by atoms with Crippen molar-refractivity contribution in [1.82, 2.24) is 0 Å². The quantitative estimate of drug-likeness (QED) is 0.0381. The Balaban J connectivity index is 3.37. The van der Waals surface area contributed by atoms with Gasteiger partial charge in [0.1, 0.15) is 6.10 Å². The molecular weight excluding hydrogens is 665 g/mol. The molecule has 0 aromatic heterocycles. The van der Waals surface area contributed by atoms with Crippen molar-refractivity contribution in [2.24, 2.45) is 0 Å². The highest BCUT2D eigenvalue weighted by molar-refractivity contribution is 5.69. The van der Waals surface area contributed by atoms with Gasteiger partial charge in [0.15, 0.2) is 0 Å². The number of carbonyl (C=O) groups excluding carboxylic acids is 1. The molecule has 0 rings (SSSR count). The third kappa shape index (κ3) is 45.3. The highest BCUT2D eigenvalue weighted by atomic mass is 16.6. The van der Waals surface area contributed by atoms with Gasteiger partial charge in [-0.1, -0.05) is 218 Å². The first-order chi connectivity index (χ1) is 26.7. The average molecular weight is 761 g/mol. The van der Waals surface area contributed by atoms with Crippen LogP contribution >= 0.6 is 0 Å². The molecule has 0 saturated heterocycles. The molecule has 1 atom stereocenters. The number of esters is 1. The minimum Gasteiger partial charge on any atom is -0.457 e. The zero-order chi connectivity index (χ0) is 39.1. The molecule has 1 N–H and O–H groups in total. The Morgan fingerprint density at radius 1 is 0.426 bits per heavy atom. The maximum absolute atomic E-state index is 12.2. The number of aliphatic hydroxyl groups excluding tert-OH is 1. The molecule has 0 saturated carbocycles. The molecule has 0 aromatic rings. The third-order valence-corrected chi connectivity index (χ3v) is 11.0. The largest absolute Gasteiger partial charge is 0.457 e. The minimum atomic E-state index is -0.534. The Hall–Kier alpha value is -1.13. The molecular formula is C50H96O4. The van der Waals surface area contributed by atoms with Crippen molar-refractivity contribution in [2.45, 2.75) is 270 Å². The summed E-state index contributed by atoms with van der Waals surface area (Å²) < 4.78 is 11.2. The van der Waals surface area contributed by atoms with E-state index in [0.717, 1.165) is 19.3 Å². The van der Waals surface area contributed by atoms with Crippen LogP contribution in [-0.2, 0) is 14.3 Å². The van der Waals surface area contributed by atoms with Crippen molar-refractivity contribution in [1.29, 1.82) is 0 Å². The Morgan fingerprint density at radius 2 is 0.722 bits per heavy atom. The predicted molar refractivity (Wildman–Crippen MR) is 237 cm³/mol. The Kier molecular flexibility index (Phi) is 47.0. The molecule has 0 heterocycles. The van der Waals surface area contributed by atoms with E-state index in [0.29, 0.717) is 19.6 Å². The summed E-state index contributed by atoms with van der Waals surface area (Å²) in [5.74, 6) is -0.201. The Morgan fingerprint density at radius 3 is 1.06 bits per heavy atom. The molecule has 1 unspecified atom stereocenters. The topological polar surface area (TPSA) is 55.8 Å². The van der Waals surface area contributed by atoms with E-state index in [4.69, 9.17) is 9.47 Å². The van der Waals surface area contributed by atoms with Gasteiger partial charge in [-0.25, -0.2) is 0 Å². The van der Waals surface area contributed by atoms with Gasteiger partial charge in [0, 0.05) is 13.0 Å². The van der Waals surface area contributed by atoms with Gasteiger partial charge >= 0.3 is 5.97 Å². The lowest BCUT2D eigenvalue weighted by atomic mass is 10.0. The summed E-state index contributed by atoms with van der Waals surface area (Å²) in [5, 5.41) is 9.63. The van der Waals surface area contributed by atoms with E-state index in [-0.39, 0.29) is 12.6 Å². The summed E-state index contributed by atoms with van der Waals surface area (Å²) in [5.41, 5.74) is 0. The lowest BCUT2D eigenvalue weighted by Crippen LogP contribution is -2.27. The number of unbranched alkanes of at least 4 members (excludes halogenated alkanes) is 34. The Bertz CT molecular complexity index is 762. The van der Waals surface area contributed by atoms with Crippen molar-refractivity contribution in [3.63, 3.8) is 0 Å². The Labute approximate surface area is 338 Å². The number of carbonyl (C=O) groups is 1. The second-order valence-electron chi connectivity index (χ2n) is 16.5. The molecule has 54 heavy (non-hydrogen) atoms. The zero-order valence-electron chi connectivity index (χ0n) is 36.8. The SMILES string of the molecule is CCCCCCCCC/C=C\CCCCCCCCCC(=O)OC(CO)COCCCCCCCCCCCCCC/C=C\CCCCCCCCCC. The molecule has 4 heteroatoms.